The molecular weight excluding hydrogens is 408 g/mol. The van der Waals surface area contributed by atoms with Gasteiger partial charge in [0.15, 0.2) is 0 Å². The second kappa shape index (κ2) is 9.43. The first-order valence-electron chi connectivity index (χ1n) is 9.44. The number of sulfonamides is 1. The molecule has 0 aliphatic rings. The van der Waals surface area contributed by atoms with Crippen molar-refractivity contribution in [2.24, 2.45) is 5.92 Å². The Balaban J connectivity index is 1.64. The summed E-state index contributed by atoms with van der Waals surface area (Å²) < 4.78 is 36.6. The van der Waals surface area contributed by atoms with Crippen LogP contribution in [0.15, 0.2) is 53.4 Å². The third-order valence-corrected chi connectivity index (χ3v) is 6.57. The van der Waals surface area contributed by atoms with Gasteiger partial charge in [0.05, 0.1) is 11.7 Å². The highest BCUT2D eigenvalue weighted by Crippen LogP contribution is 2.21. The Bertz CT molecular complexity index is 1070. The molecule has 9 heteroatoms. The Morgan fingerprint density at radius 3 is 2.55 bits per heavy atom. The number of fused-ring (bicyclic) bond motifs is 1. The molecule has 0 aliphatic heterocycles. The Hall–Kier alpha value is -2.36. The third kappa shape index (κ3) is 5.37. The molecule has 29 heavy (non-hydrogen) atoms. The van der Waals surface area contributed by atoms with Crippen molar-refractivity contribution in [1.82, 2.24) is 18.8 Å². The highest BCUT2D eigenvalue weighted by molar-refractivity contribution is 7.89. The molecule has 0 aliphatic carbocycles. The summed E-state index contributed by atoms with van der Waals surface area (Å²) in [5.74, 6) is -0.549. The zero-order chi connectivity index (χ0) is 20.9. The van der Waals surface area contributed by atoms with Crippen molar-refractivity contribution < 1.29 is 13.2 Å². The minimum absolute atomic E-state index is 0.0336. The van der Waals surface area contributed by atoms with Crippen LogP contribution in [0.4, 0.5) is 0 Å². The van der Waals surface area contributed by atoms with E-state index >= 15 is 0 Å². The molecule has 0 unspecified atom stereocenters. The summed E-state index contributed by atoms with van der Waals surface area (Å²) in [4.78, 5) is 12.7. The molecule has 3 aromatic rings. The Kier molecular flexibility index (Phi) is 6.94. The van der Waals surface area contributed by atoms with Crippen LogP contribution in [-0.4, -0.2) is 35.7 Å². The van der Waals surface area contributed by atoms with Crippen molar-refractivity contribution in [2.45, 2.75) is 37.6 Å². The molecule has 0 saturated heterocycles. The molecule has 3 rings (SSSR count). The number of rotatable bonds is 9. The maximum atomic E-state index is 12.9. The summed E-state index contributed by atoms with van der Waals surface area (Å²) in [5.41, 5.74) is 2.04. The Morgan fingerprint density at radius 1 is 1.07 bits per heavy atom. The quantitative estimate of drug-likeness (QED) is 0.506. The van der Waals surface area contributed by atoms with Gasteiger partial charge in [-0.05, 0) is 36.5 Å². The number of carbonyl (C=O) groups is 1. The number of benzene rings is 2. The summed E-state index contributed by atoms with van der Waals surface area (Å²) in [6.07, 6.45) is 1.62. The van der Waals surface area contributed by atoms with E-state index in [-0.39, 0.29) is 16.7 Å². The lowest BCUT2D eigenvalue weighted by atomic mass is 10.0. The standard InChI is InChI=1S/C20H24N4O3S2/c1-14(2)18(20(25)21-13-7-10-15-8-4-3-5-9-15)24-29(26,27)17-12-6-11-16-19(17)23-28-22-16/h3-6,8-9,11-12,14,18,24H,7,10,13H2,1-2H3,(H,21,25)/t18-/m0/s1. The van der Waals surface area contributed by atoms with Crippen LogP contribution in [-0.2, 0) is 21.2 Å². The number of amides is 1. The molecule has 1 atom stereocenters. The fraction of sp³-hybridized carbons (Fsp3) is 0.350. The van der Waals surface area contributed by atoms with E-state index in [4.69, 9.17) is 0 Å². The summed E-state index contributed by atoms with van der Waals surface area (Å²) in [6.45, 7) is 4.09. The van der Waals surface area contributed by atoms with Gasteiger partial charge in [-0.2, -0.15) is 13.5 Å². The highest BCUT2D eigenvalue weighted by Gasteiger charge is 2.29. The van der Waals surface area contributed by atoms with Crippen molar-refractivity contribution in [3.63, 3.8) is 0 Å². The number of nitrogens with one attached hydrogen (secondary N) is 2. The van der Waals surface area contributed by atoms with Gasteiger partial charge in [-0.25, -0.2) is 8.42 Å². The van der Waals surface area contributed by atoms with E-state index in [2.05, 4.69) is 18.8 Å². The topological polar surface area (TPSA) is 101 Å². The monoisotopic (exact) mass is 432 g/mol. The summed E-state index contributed by atoms with van der Waals surface area (Å²) >= 11 is 0.955. The van der Waals surface area contributed by atoms with Crippen LogP contribution in [0.2, 0.25) is 0 Å². The van der Waals surface area contributed by atoms with E-state index in [1.54, 1.807) is 12.1 Å². The Labute approximate surface area is 174 Å². The molecule has 0 spiro atoms. The number of aryl methyl sites for hydroxylation is 1. The predicted molar refractivity (Wildman–Crippen MR) is 114 cm³/mol. The number of hydrogen-bond acceptors (Lipinski definition) is 6. The fourth-order valence-electron chi connectivity index (χ4n) is 2.98. The third-order valence-electron chi connectivity index (χ3n) is 4.55. The highest BCUT2D eigenvalue weighted by atomic mass is 32.2. The molecule has 7 nitrogen and oxygen atoms in total. The van der Waals surface area contributed by atoms with Gasteiger partial charge in [-0.15, -0.1) is 0 Å². The lowest BCUT2D eigenvalue weighted by Crippen LogP contribution is -2.49. The minimum atomic E-state index is -3.93. The molecule has 1 aromatic heterocycles. The van der Waals surface area contributed by atoms with Crippen LogP contribution in [0, 0.1) is 5.92 Å². The number of nitrogens with zero attached hydrogens (tertiary/aromatic N) is 2. The van der Waals surface area contributed by atoms with Gasteiger partial charge in [0.1, 0.15) is 22.0 Å². The Morgan fingerprint density at radius 2 is 1.83 bits per heavy atom. The average molecular weight is 433 g/mol. The molecule has 154 valence electrons. The van der Waals surface area contributed by atoms with Crippen LogP contribution >= 0.6 is 11.7 Å². The van der Waals surface area contributed by atoms with Crippen LogP contribution in [0.3, 0.4) is 0 Å². The molecule has 2 aromatic carbocycles. The fourth-order valence-corrected chi connectivity index (χ4v) is 5.09. The smallest absolute Gasteiger partial charge is 0.243 e. The molecule has 0 radical (unpaired) electrons. The van der Waals surface area contributed by atoms with E-state index < -0.39 is 16.1 Å². The number of hydrogen-bond donors (Lipinski definition) is 2. The van der Waals surface area contributed by atoms with Gasteiger partial charge in [0.25, 0.3) is 0 Å². The summed E-state index contributed by atoms with van der Waals surface area (Å²) in [7, 11) is -3.93. The average Bonchev–Trinajstić information content (AvgIpc) is 3.18. The van der Waals surface area contributed by atoms with Crippen LogP contribution in [0.1, 0.15) is 25.8 Å². The minimum Gasteiger partial charge on any atom is -0.355 e. The second-order valence-corrected chi connectivity index (χ2v) is 9.32. The molecule has 0 bridgehead atoms. The SMILES string of the molecule is CC(C)[C@H](NS(=O)(=O)c1cccc2nsnc12)C(=O)NCCCc1ccccc1. The lowest BCUT2D eigenvalue weighted by Gasteiger charge is -2.21. The van der Waals surface area contributed by atoms with Crippen molar-refractivity contribution in [1.29, 1.82) is 0 Å². The number of aromatic nitrogens is 2. The molecule has 0 fully saturated rings. The molecule has 1 amide bonds. The van der Waals surface area contributed by atoms with E-state index in [1.807, 2.05) is 44.2 Å². The molecule has 0 saturated carbocycles. The van der Waals surface area contributed by atoms with E-state index in [0.717, 1.165) is 24.6 Å². The predicted octanol–water partition coefficient (Wildman–Crippen LogP) is 2.74. The summed E-state index contributed by atoms with van der Waals surface area (Å²) in [6, 6.07) is 13.9. The zero-order valence-corrected chi connectivity index (χ0v) is 18.0. The normalized spacial score (nSPS) is 12.9. The molecular formula is C20H24N4O3S2. The maximum absolute atomic E-state index is 12.9. The largest absolute Gasteiger partial charge is 0.355 e. The lowest BCUT2D eigenvalue weighted by molar-refractivity contribution is -0.123. The first kappa shape index (κ1) is 21.4. The second-order valence-electron chi connectivity index (χ2n) is 7.11. The zero-order valence-electron chi connectivity index (χ0n) is 16.3. The maximum Gasteiger partial charge on any atom is 0.243 e. The van der Waals surface area contributed by atoms with E-state index in [0.29, 0.717) is 17.6 Å². The van der Waals surface area contributed by atoms with Crippen molar-refractivity contribution in [3.8, 4) is 0 Å². The van der Waals surface area contributed by atoms with E-state index in [9.17, 15) is 13.2 Å². The van der Waals surface area contributed by atoms with Gasteiger partial charge in [0.2, 0.25) is 15.9 Å². The summed E-state index contributed by atoms with van der Waals surface area (Å²) in [5, 5.41) is 2.85. The van der Waals surface area contributed by atoms with Gasteiger partial charge >= 0.3 is 0 Å². The van der Waals surface area contributed by atoms with Crippen molar-refractivity contribution in [2.75, 3.05) is 6.54 Å². The first-order valence-corrected chi connectivity index (χ1v) is 11.6. The van der Waals surface area contributed by atoms with Crippen LogP contribution in [0.5, 0.6) is 0 Å². The van der Waals surface area contributed by atoms with Gasteiger partial charge in [-0.3, -0.25) is 4.79 Å². The molecule has 1 heterocycles. The first-order chi connectivity index (χ1) is 13.9. The van der Waals surface area contributed by atoms with E-state index in [1.165, 1.54) is 11.6 Å². The van der Waals surface area contributed by atoms with Crippen molar-refractivity contribution in [3.05, 3.63) is 54.1 Å². The van der Waals surface area contributed by atoms with Gasteiger partial charge < -0.3 is 5.32 Å². The molecule has 2 N–H and O–H groups in total. The van der Waals surface area contributed by atoms with Crippen LogP contribution in [0.25, 0.3) is 11.0 Å². The van der Waals surface area contributed by atoms with Gasteiger partial charge in [0, 0.05) is 6.54 Å². The van der Waals surface area contributed by atoms with Crippen LogP contribution < -0.4 is 10.0 Å². The van der Waals surface area contributed by atoms with Gasteiger partial charge in [-0.1, -0.05) is 50.2 Å². The number of carbonyl (C=O) groups excluding carboxylic acids is 1. The van der Waals surface area contributed by atoms with Crippen molar-refractivity contribution >= 4 is 38.7 Å².